The lowest BCUT2D eigenvalue weighted by molar-refractivity contribution is -0.130. The molecule has 12 heavy (non-hydrogen) atoms. The standard InChI is InChI=1S/C7H13N3O.ClH/c8-2-7(11)10-4-5-1-6(10)3-9-5;/h5-6,9H,1-4,8H2;1H. The first-order valence-corrected chi connectivity index (χ1v) is 4.04. The Balaban J connectivity index is 0.000000720. The molecule has 0 aliphatic carbocycles. The van der Waals surface area contributed by atoms with Crippen molar-refractivity contribution < 1.29 is 4.79 Å². The van der Waals surface area contributed by atoms with Gasteiger partial charge in [-0.25, -0.2) is 0 Å². The summed E-state index contributed by atoms with van der Waals surface area (Å²) in [6.07, 6.45) is 1.12. The van der Waals surface area contributed by atoms with E-state index in [2.05, 4.69) is 5.32 Å². The SMILES string of the molecule is Cl.NCC(=O)N1CC2CC1CN2. The van der Waals surface area contributed by atoms with Crippen LogP contribution in [0.5, 0.6) is 0 Å². The number of likely N-dealkylation sites (tertiary alicyclic amines) is 1. The summed E-state index contributed by atoms with van der Waals surface area (Å²) >= 11 is 0. The zero-order valence-corrected chi connectivity index (χ0v) is 7.64. The predicted molar refractivity (Wildman–Crippen MR) is 48.2 cm³/mol. The number of halogens is 1. The molecule has 2 aliphatic rings. The molecule has 0 spiro atoms. The first-order chi connectivity index (χ1) is 5.31. The summed E-state index contributed by atoms with van der Waals surface area (Å²) in [5.41, 5.74) is 5.27. The Bertz CT molecular complexity index is 187. The predicted octanol–water partition coefficient (Wildman–Crippen LogP) is -1.06. The molecule has 1 amide bonds. The molecule has 2 bridgehead atoms. The smallest absolute Gasteiger partial charge is 0.236 e. The molecule has 2 rings (SSSR count). The molecule has 70 valence electrons. The van der Waals surface area contributed by atoms with E-state index < -0.39 is 0 Å². The van der Waals surface area contributed by atoms with Crippen LogP contribution in [0, 0.1) is 0 Å². The molecule has 0 saturated carbocycles. The highest BCUT2D eigenvalue weighted by molar-refractivity contribution is 5.85. The van der Waals surface area contributed by atoms with Gasteiger partial charge in [-0.3, -0.25) is 4.79 Å². The number of carbonyl (C=O) groups is 1. The number of fused-ring (bicyclic) bond motifs is 2. The first-order valence-electron chi connectivity index (χ1n) is 4.04. The third-order valence-corrected chi connectivity index (χ3v) is 2.55. The van der Waals surface area contributed by atoms with Crippen molar-refractivity contribution in [3.05, 3.63) is 0 Å². The zero-order chi connectivity index (χ0) is 7.84. The molecule has 2 aliphatic heterocycles. The van der Waals surface area contributed by atoms with Crippen LogP contribution >= 0.6 is 12.4 Å². The Hall–Kier alpha value is -0.320. The lowest BCUT2D eigenvalue weighted by Crippen LogP contribution is -2.48. The zero-order valence-electron chi connectivity index (χ0n) is 6.82. The van der Waals surface area contributed by atoms with Crippen LogP contribution in [0.1, 0.15) is 6.42 Å². The first kappa shape index (κ1) is 9.77. The summed E-state index contributed by atoms with van der Waals surface area (Å²) in [5, 5.41) is 3.33. The third-order valence-electron chi connectivity index (χ3n) is 2.55. The summed E-state index contributed by atoms with van der Waals surface area (Å²) in [6.45, 7) is 1.97. The maximum Gasteiger partial charge on any atom is 0.236 e. The average Bonchev–Trinajstić information content (AvgIpc) is 2.62. The normalized spacial score (nSPS) is 31.9. The molecule has 5 heteroatoms. The molecule has 0 aromatic rings. The Morgan fingerprint density at radius 3 is 2.83 bits per heavy atom. The highest BCUT2D eigenvalue weighted by atomic mass is 35.5. The van der Waals surface area contributed by atoms with Gasteiger partial charge in [0.2, 0.25) is 5.91 Å². The van der Waals surface area contributed by atoms with E-state index in [9.17, 15) is 4.79 Å². The highest BCUT2D eigenvalue weighted by Gasteiger charge is 2.39. The molecule has 2 heterocycles. The number of carbonyl (C=O) groups excluding carboxylic acids is 1. The van der Waals surface area contributed by atoms with Crippen molar-refractivity contribution in [1.82, 2.24) is 10.2 Å². The van der Waals surface area contributed by atoms with Crippen LogP contribution in [0.3, 0.4) is 0 Å². The van der Waals surface area contributed by atoms with Crippen LogP contribution in [0.4, 0.5) is 0 Å². The second-order valence-electron chi connectivity index (χ2n) is 3.24. The number of piperazine rings is 1. The molecule has 0 aromatic heterocycles. The van der Waals surface area contributed by atoms with Crippen molar-refractivity contribution in [1.29, 1.82) is 0 Å². The van der Waals surface area contributed by atoms with E-state index in [0.29, 0.717) is 12.1 Å². The van der Waals surface area contributed by atoms with Gasteiger partial charge in [0.05, 0.1) is 6.54 Å². The summed E-state index contributed by atoms with van der Waals surface area (Å²) in [7, 11) is 0. The summed E-state index contributed by atoms with van der Waals surface area (Å²) < 4.78 is 0. The summed E-state index contributed by atoms with van der Waals surface area (Å²) in [4.78, 5) is 13.1. The molecule has 2 fully saturated rings. The van der Waals surface area contributed by atoms with Crippen LogP contribution in [0.15, 0.2) is 0 Å². The molecular weight excluding hydrogens is 178 g/mol. The van der Waals surface area contributed by atoms with E-state index in [1.807, 2.05) is 4.90 Å². The lowest BCUT2D eigenvalue weighted by atomic mass is 10.2. The molecule has 2 atom stereocenters. The Labute approximate surface area is 77.9 Å². The third kappa shape index (κ3) is 1.42. The number of amides is 1. The van der Waals surface area contributed by atoms with Gasteiger partial charge in [-0.1, -0.05) is 0 Å². The molecular formula is C7H14ClN3O. The van der Waals surface area contributed by atoms with E-state index in [1.54, 1.807) is 0 Å². The number of hydrogen-bond acceptors (Lipinski definition) is 3. The fourth-order valence-electron chi connectivity index (χ4n) is 1.98. The van der Waals surface area contributed by atoms with Crippen molar-refractivity contribution in [2.24, 2.45) is 5.73 Å². The molecule has 0 radical (unpaired) electrons. The van der Waals surface area contributed by atoms with Gasteiger partial charge in [0.15, 0.2) is 0 Å². The Morgan fingerprint density at radius 1 is 1.67 bits per heavy atom. The van der Waals surface area contributed by atoms with Crippen LogP contribution in [0.25, 0.3) is 0 Å². The van der Waals surface area contributed by atoms with Crippen molar-refractivity contribution in [3.8, 4) is 0 Å². The molecule has 0 aromatic carbocycles. The minimum atomic E-state index is 0. The molecule has 3 N–H and O–H groups in total. The Kier molecular flexibility index (Phi) is 2.93. The van der Waals surface area contributed by atoms with E-state index in [1.165, 1.54) is 0 Å². The number of hydrogen-bond donors (Lipinski definition) is 2. The summed E-state index contributed by atoms with van der Waals surface area (Å²) in [6, 6.07) is 0.964. The number of nitrogens with two attached hydrogens (primary N) is 1. The monoisotopic (exact) mass is 191 g/mol. The fourth-order valence-corrected chi connectivity index (χ4v) is 1.98. The van der Waals surface area contributed by atoms with Gasteiger partial charge < -0.3 is 16.0 Å². The summed E-state index contributed by atoms with van der Waals surface area (Å²) in [5.74, 6) is 0.0963. The van der Waals surface area contributed by atoms with Gasteiger partial charge in [-0.15, -0.1) is 12.4 Å². The van der Waals surface area contributed by atoms with Crippen molar-refractivity contribution in [2.75, 3.05) is 19.6 Å². The van der Waals surface area contributed by atoms with Crippen LogP contribution < -0.4 is 11.1 Å². The number of rotatable bonds is 1. The van der Waals surface area contributed by atoms with Crippen LogP contribution in [-0.2, 0) is 4.79 Å². The van der Waals surface area contributed by atoms with Gasteiger partial charge in [-0.2, -0.15) is 0 Å². The van der Waals surface area contributed by atoms with Crippen LogP contribution in [-0.4, -0.2) is 42.5 Å². The van der Waals surface area contributed by atoms with Crippen molar-refractivity contribution in [3.63, 3.8) is 0 Å². The second-order valence-corrected chi connectivity index (χ2v) is 3.24. The van der Waals surface area contributed by atoms with E-state index in [-0.39, 0.29) is 24.9 Å². The number of nitrogens with one attached hydrogen (secondary N) is 1. The van der Waals surface area contributed by atoms with E-state index in [4.69, 9.17) is 5.73 Å². The second kappa shape index (κ2) is 3.60. The molecule has 2 saturated heterocycles. The van der Waals surface area contributed by atoms with E-state index >= 15 is 0 Å². The molecule has 4 nitrogen and oxygen atoms in total. The largest absolute Gasteiger partial charge is 0.336 e. The lowest BCUT2D eigenvalue weighted by Gasteiger charge is -2.26. The number of nitrogens with zero attached hydrogens (tertiary/aromatic N) is 1. The average molecular weight is 192 g/mol. The quantitative estimate of drug-likeness (QED) is 0.556. The molecule has 2 unspecified atom stereocenters. The minimum absolute atomic E-state index is 0. The topological polar surface area (TPSA) is 58.4 Å². The fraction of sp³-hybridized carbons (Fsp3) is 0.857. The van der Waals surface area contributed by atoms with Crippen molar-refractivity contribution >= 4 is 18.3 Å². The minimum Gasteiger partial charge on any atom is -0.336 e. The van der Waals surface area contributed by atoms with Gasteiger partial charge in [-0.05, 0) is 6.42 Å². The maximum absolute atomic E-state index is 11.2. The van der Waals surface area contributed by atoms with Crippen molar-refractivity contribution in [2.45, 2.75) is 18.5 Å². The highest BCUT2D eigenvalue weighted by Crippen LogP contribution is 2.22. The Morgan fingerprint density at radius 2 is 2.42 bits per heavy atom. The van der Waals surface area contributed by atoms with Gasteiger partial charge in [0.1, 0.15) is 0 Å². The van der Waals surface area contributed by atoms with Gasteiger partial charge in [0, 0.05) is 25.2 Å². The maximum atomic E-state index is 11.2. The van der Waals surface area contributed by atoms with Crippen LogP contribution in [0.2, 0.25) is 0 Å². The van der Waals surface area contributed by atoms with E-state index in [0.717, 1.165) is 19.5 Å². The van der Waals surface area contributed by atoms with Gasteiger partial charge in [0.25, 0.3) is 0 Å². The van der Waals surface area contributed by atoms with Gasteiger partial charge >= 0.3 is 0 Å².